The number of thiol groups is 1. The Kier molecular flexibility index (Phi) is 5.26. The fraction of sp³-hybridized carbons (Fsp3) is 0.0303. The molecule has 37 heavy (non-hydrogen) atoms. The van der Waals surface area contributed by atoms with E-state index in [1.54, 1.807) is 6.20 Å². The predicted octanol–water partition coefficient (Wildman–Crippen LogP) is 8.96. The van der Waals surface area contributed by atoms with Gasteiger partial charge in [0.2, 0.25) is 5.71 Å². The van der Waals surface area contributed by atoms with Crippen LogP contribution in [-0.4, -0.2) is 9.97 Å². The number of benzene rings is 4. The maximum atomic E-state index is 6.10. The molecule has 0 atom stereocenters. The Labute approximate surface area is 219 Å². The molecule has 3 nitrogen and oxygen atoms in total. The van der Waals surface area contributed by atoms with E-state index in [1.807, 2.05) is 30.5 Å². The van der Waals surface area contributed by atoms with Crippen molar-refractivity contribution in [2.45, 2.75) is 5.75 Å². The second-order valence-electron chi connectivity index (χ2n) is 9.20. The largest absolute Gasteiger partial charge is 0.437 e. The number of rotatable bonds is 4. The van der Waals surface area contributed by atoms with Gasteiger partial charge >= 0.3 is 0 Å². The van der Waals surface area contributed by atoms with Crippen molar-refractivity contribution >= 4 is 45.5 Å². The molecule has 0 spiro atoms. The Morgan fingerprint density at radius 1 is 0.622 bits per heavy atom. The molecule has 0 radical (unpaired) electrons. The average Bonchev–Trinajstić information content (AvgIpc) is 3.36. The first kappa shape index (κ1) is 21.8. The van der Waals surface area contributed by atoms with Crippen LogP contribution >= 0.6 is 12.6 Å². The van der Waals surface area contributed by atoms with Crippen molar-refractivity contribution < 1.29 is 4.42 Å². The number of hydrogen-bond acceptors (Lipinski definition) is 4. The molecular weight excluding hydrogens is 472 g/mol. The molecule has 7 aromatic rings. The van der Waals surface area contributed by atoms with E-state index >= 15 is 0 Å². The van der Waals surface area contributed by atoms with Gasteiger partial charge in [-0.15, -0.1) is 0 Å². The molecule has 0 aliphatic rings. The van der Waals surface area contributed by atoms with Gasteiger partial charge in [0.15, 0.2) is 0 Å². The van der Waals surface area contributed by atoms with Crippen LogP contribution in [0.4, 0.5) is 0 Å². The molecule has 0 bridgehead atoms. The number of para-hydroxylation sites is 1. The van der Waals surface area contributed by atoms with Crippen LogP contribution in [0, 0.1) is 0 Å². The number of pyridine rings is 2. The predicted molar refractivity (Wildman–Crippen MR) is 156 cm³/mol. The van der Waals surface area contributed by atoms with Crippen LogP contribution in [0.3, 0.4) is 0 Å². The first-order valence-electron chi connectivity index (χ1n) is 12.2. The molecule has 0 aliphatic carbocycles. The fourth-order valence-corrected chi connectivity index (χ4v) is 5.18. The monoisotopic (exact) mass is 494 g/mol. The summed E-state index contributed by atoms with van der Waals surface area (Å²) >= 11 is 4.36. The zero-order valence-electron chi connectivity index (χ0n) is 19.9. The lowest BCUT2D eigenvalue weighted by Gasteiger charge is -2.08. The topological polar surface area (TPSA) is 38.9 Å². The molecule has 4 heteroatoms. The van der Waals surface area contributed by atoms with Gasteiger partial charge in [-0.05, 0) is 69.4 Å². The van der Waals surface area contributed by atoms with Crippen LogP contribution in [0.15, 0.2) is 120 Å². The highest BCUT2D eigenvalue weighted by atomic mass is 32.1. The molecule has 3 aromatic heterocycles. The van der Waals surface area contributed by atoms with Crippen LogP contribution in [0.1, 0.15) is 5.56 Å². The van der Waals surface area contributed by atoms with Crippen LogP contribution in [-0.2, 0) is 5.75 Å². The minimum absolute atomic E-state index is 0.649. The van der Waals surface area contributed by atoms with Gasteiger partial charge in [-0.3, -0.25) is 4.98 Å². The van der Waals surface area contributed by atoms with Gasteiger partial charge in [-0.2, -0.15) is 12.6 Å². The lowest BCUT2D eigenvalue weighted by Crippen LogP contribution is -1.86. The standard InChI is InChI=1S/C33H22N2OS/c37-20-21-6-8-22(9-7-21)23-10-11-25-18-26(13-12-24(25)17-23)27-14-15-31(35-19-27)30-4-1-3-28-29-5-2-16-34-33(29)36-32(28)30/h1-19,37H,20H2. The minimum Gasteiger partial charge on any atom is -0.437 e. The Morgan fingerprint density at radius 3 is 2.05 bits per heavy atom. The van der Waals surface area contributed by atoms with Crippen molar-refractivity contribution in [3.05, 3.63) is 121 Å². The van der Waals surface area contributed by atoms with Crippen LogP contribution in [0.2, 0.25) is 0 Å². The molecule has 4 aromatic carbocycles. The summed E-state index contributed by atoms with van der Waals surface area (Å²) in [6, 6.07) is 36.1. The van der Waals surface area contributed by atoms with E-state index in [0.29, 0.717) is 5.71 Å². The van der Waals surface area contributed by atoms with E-state index in [9.17, 15) is 0 Å². The van der Waals surface area contributed by atoms with Crippen molar-refractivity contribution in [1.29, 1.82) is 0 Å². The highest BCUT2D eigenvalue weighted by Gasteiger charge is 2.13. The number of nitrogens with zero attached hydrogens (tertiary/aromatic N) is 2. The highest BCUT2D eigenvalue weighted by Crippen LogP contribution is 2.35. The van der Waals surface area contributed by atoms with Crippen molar-refractivity contribution in [2.24, 2.45) is 0 Å². The van der Waals surface area contributed by atoms with E-state index in [2.05, 4.69) is 96.5 Å². The lowest BCUT2D eigenvalue weighted by molar-refractivity contribution is 0.655. The molecule has 0 amide bonds. The van der Waals surface area contributed by atoms with Crippen molar-refractivity contribution in [1.82, 2.24) is 9.97 Å². The summed E-state index contributed by atoms with van der Waals surface area (Å²) in [6.45, 7) is 0. The molecule has 7 rings (SSSR count). The third kappa shape index (κ3) is 3.87. The molecule has 0 N–H and O–H groups in total. The second-order valence-corrected chi connectivity index (χ2v) is 9.52. The molecule has 0 saturated heterocycles. The smallest absolute Gasteiger partial charge is 0.227 e. The molecule has 0 fully saturated rings. The van der Waals surface area contributed by atoms with E-state index in [-0.39, 0.29) is 0 Å². The van der Waals surface area contributed by atoms with E-state index in [4.69, 9.17) is 9.40 Å². The summed E-state index contributed by atoms with van der Waals surface area (Å²) in [5.74, 6) is 0.754. The third-order valence-corrected chi connectivity index (χ3v) is 7.32. The normalized spacial score (nSPS) is 11.5. The van der Waals surface area contributed by atoms with E-state index in [1.165, 1.54) is 27.5 Å². The molecule has 0 unspecified atom stereocenters. The van der Waals surface area contributed by atoms with Gasteiger partial charge in [0.05, 0.1) is 5.69 Å². The van der Waals surface area contributed by atoms with Gasteiger partial charge in [-0.25, -0.2) is 4.98 Å². The van der Waals surface area contributed by atoms with Gasteiger partial charge in [0.1, 0.15) is 5.58 Å². The zero-order chi connectivity index (χ0) is 24.8. The summed E-state index contributed by atoms with van der Waals surface area (Å²) in [5.41, 5.74) is 9.19. The minimum atomic E-state index is 0.649. The molecule has 3 heterocycles. The van der Waals surface area contributed by atoms with Crippen molar-refractivity contribution in [3.8, 4) is 33.5 Å². The average molecular weight is 495 g/mol. The van der Waals surface area contributed by atoms with Crippen molar-refractivity contribution in [3.63, 3.8) is 0 Å². The van der Waals surface area contributed by atoms with Crippen LogP contribution in [0.5, 0.6) is 0 Å². The Balaban J connectivity index is 1.21. The molecule has 0 saturated carbocycles. The molecular formula is C33H22N2OS. The fourth-order valence-electron chi connectivity index (χ4n) is 4.97. The summed E-state index contributed by atoms with van der Waals surface area (Å²) in [4.78, 5) is 9.18. The first-order valence-corrected chi connectivity index (χ1v) is 12.9. The number of furan rings is 1. The molecule has 176 valence electrons. The summed E-state index contributed by atoms with van der Waals surface area (Å²) in [7, 11) is 0. The summed E-state index contributed by atoms with van der Waals surface area (Å²) in [6.07, 6.45) is 3.69. The second kappa shape index (κ2) is 8.91. The third-order valence-electron chi connectivity index (χ3n) is 6.96. The zero-order valence-corrected chi connectivity index (χ0v) is 20.8. The van der Waals surface area contributed by atoms with E-state index < -0.39 is 0 Å². The Bertz CT molecular complexity index is 1900. The van der Waals surface area contributed by atoms with Gasteiger partial charge in [0, 0.05) is 40.0 Å². The Morgan fingerprint density at radius 2 is 1.32 bits per heavy atom. The SMILES string of the molecule is SCc1ccc(-c2ccc3cc(-c4ccc(-c5cccc6c5oc5ncccc56)nc4)ccc3c2)cc1. The highest BCUT2D eigenvalue weighted by molar-refractivity contribution is 7.79. The van der Waals surface area contributed by atoms with Crippen molar-refractivity contribution in [2.75, 3.05) is 0 Å². The summed E-state index contributed by atoms with van der Waals surface area (Å²) in [5, 5.41) is 4.49. The number of fused-ring (bicyclic) bond motifs is 4. The van der Waals surface area contributed by atoms with E-state index in [0.717, 1.165) is 44.5 Å². The Hall–Kier alpha value is -4.41. The van der Waals surface area contributed by atoms with Gasteiger partial charge in [0.25, 0.3) is 0 Å². The first-order chi connectivity index (χ1) is 18.3. The quantitative estimate of drug-likeness (QED) is 0.248. The maximum Gasteiger partial charge on any atom is 0.227 e. The van der Waals surface area contributed by atoms with Gasteiger partial charge < -0.3 is 4.42 Å². The number of hydrogen-bond donors (Lipinski definition) is 1. The molecule has 0 aliphatic heterocycles. The lowest BCUT2D eigenvalue weighted by atomic mass is 9.97. The number of aromatic nitrogens is 2. The van der Waals surface area contributed by atoms with Crippen LogP contribution < -0.4 is 0 Å². The van der Waals surface area contributed by atoms with Gasteiger partial charge in [-0.1, -0.05) is 66.7 Å². The summed E-state index contributed by atoms with van der Waals surface area (Å²) < 4.78 is 6.10. The maximum absolute atomic E-state index is 6.10. The van der Waals surface area contributed by atoms with Crippen LogP contribution in [0.25, 0.3) is 66.4 Å².